The summed E-state index contributed by atoms with van der Waals surface area (Å²) in [4.78, 5) is 23.0. The average Bonchev–Trinajstić information content (AvgIpc) is 3.60. The zero-order valence-electron chi connectivity index (χ0n) is 21.6. The van der Waals surface area contributed by atoms with Crippen molar-refractivity contribution in [1.29, 1.82) is 0 Å². The molecule has 198 valence electrons. The number of unbranched alkanes of at least 4 members (excludes halogenated alkanes) is 1. The second-order valence-corrected chi connectivity index (χ2v) is 9.45. The highest BCUT2D eigenvalue weighted by Gasteiger charge is 2.13. The average molecular weight is 533 g/mol. The molecule has 7 nitrogen and oxygen atoms in total. The van der Waals surface area contributed by atoms with Gasteiger partial charge in [0.2, 0.25) is 5.89 Å². The van der Waals surface area contributed by atoms with Crippen molar-refractivity contribution in [3.05, 3.63) is 101 Å². The number of rotatable bonds is 14. The number of nitrogens with one attached hydrogen (secondary N) is 1. The number of aryl methyl sites for hydroxylation is 1. The number of oxazole rings is 1. The summed E-state index contributed by atoms with van der Waals surface area (Å²) in [6.07, 6.45) is 3.88. The maximum absolute atomic E-state index is 11.6. The van der Waals surface area contributed by atoms with Gasteiger partial charge in [-0.1, -0.05) is 54.6 Å². The van der Waals surface area contributed by atoms with E-state index in [1.54, 1.807) is 11.3 Å². The molecule has 2 aromatic carbocycles. The zero-order chi connectivity index (χ0) is 26.6. The Morgan fingerprint density at radius 1 is 1.05 bits per heavy atom. The highest BCUT2D eigenvalue weighted by atomic mass is 32.1. The number of hydroxylamine groups is 1. The second-order valence-electron chi connectivity index (χ2n) is 8.50. The van der Waals surface area contributed by atoms with Crippen LogP contribution in [0.1, 0.15) is 48.8 Å². The molecule has 0 spiro atoms. The molecule has 0 radical (unpaired) electrons. The number of allylic oxidation sites excluding steroid dienone is 1. The van der Waals surface area contributed by atoms with E-state index >= 15 is 0 Å². The molecule has 4 rings (SSSR count). The summed E-state index contributed by atoms with van der Waals surface area (Å²) in [6.45, 7) is 4.83. The fraction of sp³-hybridized carbons (Fsp3) is 0.267. The first-order chi connectivity index (χ1) is 18.6. The van der Waals surface area contributed by atoms with Crippen molar-refractivity contribution < 1.29 is 23.5 Å². The number of ether oxygens (including phenoxy) is 2. The third kappa shape index (κ3) is 8.06. The van der Waals surface area contributed by atoms with Gasteiger partial charge in [-0.25, -0.2) is 4.98 Å². The molecule has 1 N–H and O–H groups in total. The van der Waals surface area contributed by atoms with E-state index in [9.17, 15) is 4.79 Å². The van der Waals surface area contributed by atoms with Crippen molar-refractivity contribution in [2.45, 2.75) is 46.3 Å². The van der Waals surface area contributed by atoms with Gasteiger partial charge in [0.25, 0.3) is 0 Å². The normalized spacial score (nSPS) is 11.4. The third-order valence-corrected chi connectivity index (χ3v) is 6.53. The molecule has 0 bridgehead atoms. The lowest BCUT2D eigenvalue weighted by atomic mass is 10.1. The summed E-state index contributed by atoms with van der Waals surface area (Å²) in [5, 5.41) is 2.00. The summed E-state index contributed by atoms with van der Waals surface area (Å²) in [5.41, 5.74) is 6.73. The Morgan fingerprint density at radius 3 is 2.61 bits per heavy atom. The van der Waals surface area contributed by atoms with Gasteiger partial charge in [0.05, 0.1) is 23.8 Å². The van der Waals surface area contributed by atoms with Crippen molar-refractivity contribution in [3.63, 3.8) is 0 Å². The Hall–Kier alpha value is -3.88. The van der Waals surface area contributed by atoms with Gasteiger partial charge in [-0.15, -0.1) is 11.3 Å². The molecule has 0 aliphatic heterocycles. The maximum Gasteiger partial charge on any atom is 0.305 e. The fourth-order valence-corrected chi connectivity index (χ4v) is 4.31. The van der Waals surface area contributed by atoms with Crippen molar-refractivity contribution in [3.8, 4) is 16.5 Å². The lowest BCUT2D eigenvalue weighted by molar-refractivity contribution is -0.143. The van der Waals surface area contributed by atoms with Gasteiger partial charge in [-0.3, -0.25) is 15.1 Å². The Balaban J connectivity index is 1.26. The van der Waals surface area contributed by atoms with Gasteiger partial charge in [0, 0.05) is 6.42 Å². The number of hydrogen-bond donors (Lipinski definition) is 1. The van der Waals surface area contributed by atoms with Crippen LogP contribution in [0, 0.1) is 6.92 Å². The van der Waals surface area contributed by atoms with Crippen molar-refractivity contribution >= 4 is 23.0 Å². The summed E-state index contributed by atoms with van der Waals surface area (Å²) in [5.74, 6) is 1.96. The highest BCUT2D eigenvalue weighted by molar-refractivity contribution is 7.13. The predicted molar refractivity (Wildman–Crippen MR) is 148 cm³/mol. The molecule has 0 fully saturated rings. The SMILES string of the molecule is CCOC(=O)CCCC=C(NOCc1ccc(OCc2nc(-c3cccs3)oc2C)cc1)c1ccccc1. The van der Waals surface area contributed by atoms with Gasteiger partial charge < -0.3 is 13.9 Å². The molecule has 0 unspecified atom stereocenters. The van der Waals surface area contributed by atoms with Crippen LogP contribution >= 0.6 is 11.3 Å². The second kappa shape index (κ2) is 14.2. The van der Waals surface area contributed by atoms with E-state index in [4.69, 9.17) is 18.7 Å². The van der Waals surface area contributed by atoms with Crippen LogP contribution in [0.15, 0.2) is 82.6 Å². The smallest absolute Gasteiger partial charge is 0.305 e. The number of thiophene rings is 1. The molecular weight excluding hydrogens is 500 g/mol. The largest absolute Gasteiger partial charge is 0.487 e. The van der Waals surface area contributed by atoms with Crippen LogP contribution in [0.3, 0.4) is 0 Å². The first kappa shape index (κ1) is 27.2. The summed E-state index contributed by atoms with van der Waals surface area (Å²) in [7, 11) is 0. The molecule has 38 heavy (non-hydrogen) atoms. The van der Waals surface area contributed by atoms with E-state index < -0.39 is 0 Å². The molecule has 0 aliphatic carbocycles. The molecule has 0 saturated heterocycles. The zero-order valence-corrected chi connectivity index (χ0v) is 22.5. The quantitative estimate of drug-likeness (QED) is 0.105. The van der Waals surface area contributed by atoms with E-state index in [-0.39, 0.29) is 5.97 Å². The van der Waals surface area contributed by atoms with Gasteiger partial charge >= 0.3 is 5.97 Å². The van der Waals surface area contributed by atoms with Crippen molar-refractivity contribution in [1.82, 2.24) is 10.5 Å². The number of aromatic nitrogens is 1. The van der Waals surface area contributed by atoms with Crippen LogP contribution in [0.5, 0.6) is 5.75 Å². The topological polar surface area (TPSA) is 82.8 Å². The molecular formula is C30H32N2O5S. The molecule has 0 amide bonds. The Labute approximate surface area is 227 Å². The predicted octanol–water partition coefficient (Wildman–Crippen LogP) is 7.09. The van der Waals surface area contributed by atoms with Crippen LogP contribution in [0.2, 0.25) is 0 Å². The van der Waals surface area contributed by atoms with Crippen LogP contribution in [0.4, 0.5) is 0 Å². The van der Waals surface area contributed by atoms with Crippen LogP contribution < -0.4 is 10.2 Å². The lowest BCUT2D eigenvalue weighted by Crippen LogP contribution is -2.13. The Bertz CT molecular complexity index is 1300. The minimum Gasteiger partial charge on any atom is -0.487 e. The first-order valence-corrected chi connectivity index (χ1v) is 13.5. The number of benzene rings is 2. The van der Waals surface area contributed by atoms with E-state index in [2.05, 4.69) is 10.5 Å². The van der Waals surface area contributed by atoms with E-state index in [1.807, 2.05) is 92.0 Å². The molecule has 0 saturated carbocycles. The van der Waals surface area contributed by atoms with E-state index in [1.165, 1.54) is 0 Å². The van der Waals surface area contributed by atoms with Gasteiger partial charge in [0.15, 0.2) is 0 Å². The molecule has 2 aromatic heterocycles. The first-order valence-electron chi connectivity index (χ1n) is 12.6. The molecule has 4 aromatic rings. The summed E-state index contributed by atoms with van der Waals surface area (Å²) >= 11 is 1.59. The highest BCUT2D eigenvalue weighted by Crippen LogP contribution is 2.26. The maximum atomic E-state index is 11.6. The van der Waals surface area contributed by atoms with Crippen molar-refractivity contribution in [2.75, 3.05) is 6.61 Å². The van der Waals surface area contributed by atoms with Gasteiger partial charge in [-0.2, -0.15) is 0 Å². The molecule has 0 atom stereocenters. The summed E-state index contributed by atoms with van der Waals surface area (Å²) < 4.78 is 16.7. The van der Waals surface area contributed by atoms with E-state index in [0.717, 1.165) is 45.3 Å². The number of carbonyl (C=O) groups is 1. The Morgan fingerprint density at radius 2 is 1.87 bits per heavy atom. The lowest BCUT2D eigenvalue weighted by Gasteiger charge is -2.12. The number of carbonyl (C=O) groups excluding carboxylic acids is 1. The Kier molecular flexibility index (Phi) is 10.1. The molecule has 0 aliphatic rings. The molecule has 2 heterocycles. The van der Waals surface area contributed by atoms with Crippen LogP contribution in [-0.2, 0) is 27.6 Å². The van der Waals surface area contributed by atoms with Gasteiger partial charge in [-0.05, 0) is 61.4 Å². The van der Waals surface area contributed by atoms with Crippen LogP contribution in [0.25, 0.3) is 16.5 Å². The van der Waals surface area contributed by atoms with Gasteiger partial charge in [0.1, 0.15) is 23.8 Å². The van der Waals surface area contributed by atoms with Crippen LogP contribution in [-0.4, -0.2) is 17.6 Å². The van der Waals surface area contributed by atoms with Crippen molar-refractivity contribution in [2.24, 2.45) is 0 Å². The standard InChI is InChI=1S/C30H32N2O5S/c1-3-34-29(33)14-8-7-12-26(24-10-5-4-6-11-24)32-36-20-23-15-17-25(18-16-23)35-21-27-22(2)37-30(31-27)28-13-9-19-38-28/h4-6,9-13,15-19,32H,3,7-8,14,20-21H2,1-2H3. The fourth-order valence-electron chi connectivity index (χ4n) is 3.66. The minimum atomic E-state index is -0.168. The number of esters is 1. The van der Waals surface area contributed by atoms with E-state index in [0.29, 0.717) is 38.6 Å². The number of nitrogens with zero attached hydrogens (tertiary/aromatic N) is 1. The number of hydrogen-bond acceptors (Lipinski definition) is 8. The molecule has 8 heteroatoms. The third-order valence-electron chi connectivity index (χ3n) is 5.67. The summed E-state index contributed by atoms with van der Waals surface area (Å²) in [6, 6.07) is 21.7. The monoisotopic (exact) mass is 532 g/mol. The minimum absolute atomic E-state index is 0.168.